The SMILES string of the molecule is CC(=O)N(CCC(=O)N1CCC2(CC1)OCCO2)c1ccc(F)cc1F. The zero-order chi connectivity index (χ0) is 18.7. The Labute approximate surface area is 150 Å². The molecule has 0 atom stereocenters. The fraction of sp³-hybridized carbons (Fsp3) is 0.556. The average molecular weight is 368 g/mol. The van der Waals surface area contributed by atoms with Gasteiger partial charge in [0, 0.05) is 51.9 Å². The highest BCUT2D eigenvalue weighted by atomic mass is 19.1. The number of ether oxygens (including phenoxy) is 2. The summed E-state index contributed by atoms with van der Waals surface area (Å²) in [4.78, 5) is 27.2. The largest absolute Gasteiger partial charge is 0.347 e. The first-order chi connectivity index (χ1) is 12.4. The molecule has 6 nitrogen and oxygen atoms in total. The molecule has 8 heteroatoms. The zero-order valence-corrected chi connectivity index (χ0v) is 14.7. The number of anilines is 1. The van der Waals surface area contributed by atoms with Crippen LogP contribution in [0.15, 0.2) is 18.2 Å². The van der Waals surface area contributed by atoms with Crippen LogP contribution in [0.4, 0.5) is 14.5 Å². The molecule has 2 amide bonds. The van der Waals surface area contributed by atoms with Gasteiger partial charge in [-0.2, -0.15) is 0 Å². The molecule has 2 fully saturated rings. The van der Waals surface area contributed by atoms with Crippen LogP contribution in [-0.2, 0) is 19.1 Å². The molecule has 0 aromatic heterocycles. The molecule has 2 saturated heterocycles. The highest BCUT2D eigenvalue weighted by Gasteiger charge is 2.40. The van der Waals surface area contributed by atoms with Crippen LogP contribution in [0.2, 0.25) is 0 Å². The summed E-state index contributed by atoms with van der Waals surface area (Å²) in [6.45, 7) is 3.50. The van der Waals surface area contributed by atoms with Crippen molar-refractivity contribution in [3.05, 3.63) is 29.8 Å². The van der Waals surface area contributed by atoms with Crippen LogP contribution in [0, 0.1) is 11.6 Å². The second kappa shape index (κ2) is 7.67. The predicted molar refractivity (Wildman–Crippen MR) is 89.5 cm³/mol. The molecular formula is C18H22F2N2O4. The van der Waals surface area contributed by atoms with Gasteiger partial charge in [-0.05, 0) is 12.1 Å². The summed E-state index contributed by atoms with van der Waals surface area (Å²) in [5, 5.41) is 0. The quantitative estimate of drug-likeness (QED) is 0.817. The molecule has 1 spiro atoms. The van der Waals surface area contributed by atoms with E-state index in [0.717, 1.165) is 17.0 Å². The fourth-order valence-electron chi connectivity index (χ4n) is 3.40. The number of hydrogen-bond donors (Lipinski definition) is 0. The van der Waals surface area contributed by atoms with Crippen molar-refractivity contribution < 1.29 is 27.8 Å². The lowest BCUT2D eigenvalue weighted by Gasteiger charge is -2.37. The number of benzene rings is 1. The van der Waals surface area contributed by atoms with E-state index in [2.05, 4.69) is 0 Å². The minimum absolute atomic E-state index is 0.0305. The highest BCUT2D eigenvalue weighted by Crippen LogP contribution is 2.31. The Hall–Kier alpha value is -2.06. The lowest BCUT2D eigenvalue weighted by Crippen LogP contribution is -2.48. The number of nitrogens with zero attached hydrogens (tertiary/aromatic N) is 2. The standard InChI is InChI=1S/C18H22F2N2O4/c1-13(23)22(16-3-2-14(19)12-15(16)20)7-4-17(24)21-8-5-18(6-9-21)25-10-11-26-18/h2-3,12H,4-11H2,1H3. The zero-order valence-electron chi connectivity index (χ0n) is 14.7. The van der Waals surface area contributed by atoms with E-state index in [1.54, 1.807) is 4.90 Å². The summed E-state index contributed by atoms with van der Waals surface area (Å²) >= 11 is 0. The molecule has 1 aromatic rings. The molecule has 142 valence electrons. The number of hydrogen-bond acceptors (Lipinski definition) is 4. The Morgan fingerprint density at radius 2 is 1.85 bits per heavy atom. The molecule has 0 bridgehead atoms. The van der Waals surface area contributed by atoms with E-state index in [1.165, 1.54) is 13.0 Å². The van der Waals surface area contributed by atoms with Gasteiger partial charge in [0.25, 0.3) is 0 Å². The topological polar surface area (TPSA) is 59.1 Å². The number of rotatable bonds is 4. The number of halogens is 2. The van der Waals surface area contributed by atoms with Crippen molar-refractivity contribution in [2.24, 2.45) is 0 Å². The van der Waals surface area contributed by atoms with Crippen molar-refractivity contribution in [3.8, 4) is 0 Å². The number of amides is 2. The summed E-state index contributed by atoms with van der Waals surface area (Å²) in [5.41, 5.74) is -0.0305. The van der Waals surface area contributed by atoms with Gasteiger partial charge in [0.15, 0.2) is 5.79 Å². The molecule has 0 N–H and O–H groups in total. The molecule has 0 unspecified atom stereocenters. The van der Waals surface area contributed by atoms with Crippen LogP contribution in [0.25, 0.3) is 0 Å². The number of piperidine rings is 1. The summed E-state index contributed by atoms with van der Waals surface area (Å²) in [7, 11) is 0. The van der Waals surface area contributed by atoms with E-state index in [1.807, 2.05) is 0 Å². The first kappa shape index (κ1) is 18.7. The van der Waals surface area contributed by atoms with Gasteiger partial charge < -0.3 is 19.3 Å². The van der Waals surface area contributed by atoms with Crippen LogP contribution in [0.5, 0.6) is 0 Å². The van der Waals surface area contributed by atoms with E-state index < -0.39 is 23.3 Å². The van der Waals surface area contributed by atoms with Gasteiger partial charge in [-0.1, -0.05) is 0 Å². The molecule has 2 aliphatic heterocycles. The smallest absolute Gasteiger partial charge is 0.224 e. The molecule has 0 aliphatic carbocycles. The average Bonchev–Trinajstić information content (AvgIpc) is 3.05. The van der Waals surface area contributed by atoms with Crippen molar-refractivity contribution in [2.75, 3.05) is 37.7 Å². The maximum Gasteiger partial charge on any atom is 0.224 e. The predicted octanol–water partition coefficient (Wildman–Crippen LogP) is 2.07. The normalized spacial score (nSPS) is 19.0. The first-order valence-corrected chi connectivity index (χ1v) is 8.69. The Morgan fingerprint density at radius 1 is 1.19 bits per heavy atom. The third-order valence-corrected chi connectivity index (χ3v) is 4.82. The summed E-state index contributed by atoms with van der Waals surface area (Å²) in [6, 6.07) is 3.01. The Bertz CT molecular complexity index is 682. The van der Waals surface area contributed by atoms with Crippen molar-refractivity contribution in [1.29, 1.82) is 0 Å². The molecule has 0 radical (unpaired) electrons. The highest BCUT2D eigenvalue weighted by molar-refractivity contribution is 5.92. The van der Waals surface area contributed by atoms with Crippen LogP contribution >= 0.6 is 0 Å². The molecule has 0 saturated carbocycles. The summed E-state index contributed by atoms with van der Waals surface area (Å²) in [5.74, 6) is -2.63. The van der Waals surface area contributed by atoms with Crippen LogP contribution in [-0.4, -0.2) is 55.3 Å². The number of carbonyl (C=O) groups excluding carboxylic acids is 2. The van der Waals surface area contributed by atoms with Gasteiger partial charge in [0.05, 0.1) is 18.9 Å². The van der Waals surface area contributed by atoms with Crippen molar-refractivity contribution in [1.82, 2.24) is 4.90 Å². The van der Waals surface area contributed by atoms with Crippen molar-refractivity contribution in [3.63, 3.8) is 0 Å². The van der Waals surface area contributed by atoms with Crippen LogP contribution in [0.3, 0.4) is 0 Å². The van der Waals surface area contributed by atoms with Gasteiger partial charge in [-0.15, -0.1) is 0 Å². The minimum Gasteiger partial charge on any atom is -0.347 e. The second-order valence-electron chi connectivity index (χ2n) is 6.50. The van der Waals surface area contributed by atoms with E-state index in [4.69, 9.17) is 9.47 Å². The monoisotopic (exact) mass is 368 g/mol. The molecule has 1 aromatic carbocycles. The van der Waals surface area contributed by atoms with E-state index in [0.29, 0.717) is 39.1 Å². The lowest BCUT2D eigenvalue weighted by atomic mass is 10.0. The van der Waals surface area contributed by atoms with Gasteiger partial charge in [0.1, 0.15) is 11.6 Å². The summed E-state index contributed by atoms with van der Waals surface area (Å²) < 4.78 is 38.3. The van der Waals surface area contributed by atoms with E-state index >= 15 is 0 Å². The molecule has 26 heavy (non-hydrogen) atoms. The van der Waals surface area contributed by atoms with Crippen molar-refractivity contribution >= 4 is 17.5 Å². The Morgan fingerprint density at radius 3 is 2.42 bits per heavy atom. The van der Waals surface area contributed by atoms with E-state index in [-0.39, 0.29) is 24.6 Å². The number of carbonyl (C=O) groups is 2. The van der Waals surface area contributed by atoms with Gasteiger partial charge in [-0.3, -0.25) is 9.59 Å². The summed E-state index contributed by atoms with van der Waals surface area (Å²) in [6.07, 6.45) is 1.29. The maximum atomic E-state index is 14.0. The molecule has 3 rings (SSSR count). The molecule has 2 aliphatic rings. The van der Waals surface area contributed by atoms with Crippen LogP contribution < -0.4 is 4.90 Å². The Kier molecular flexibility index (Phi) is 5.52. The fourth-order valence-corrected chi connectivity index (χ4v) is 3.40. The van der Waals surface area contributed by atoms with E-state index in [9.17, 15) is 18.4 Å². The van der Waals surface area contributed by atoms with Crippen LogP contribution in [0.1, 0.15) is 26.2 Å². The third kappa shape index (κ3) is 4.02. The molecular weight excluding hydrogens is 346 g/mol. The number of likely N-dealkylation sites (tertiary alicyclic amines) is 1. The van der Waals surface area contributed by atoms with Gasteiger partial charge >= 0.3 is 0 Å². The maximum absolute atomic E-state index is 14.0. The van der Waals surface area contributed by atoms with Gasteiger partial charge in [0.2, 0.25) is 11.8 Å². The third-order valence-electron chi connectivity index (χ3n) is 4.82. The lowest BCUT2D eigenvalue weighted by molar-refractivity contribution is -0.187. The molecule has 2 heterocycles. The minimum atomic E-state index is -0.830. The van der Waals surface area contributed by atoms with Crippen molar-refractivity contribution in [2.45, 2.75) is 32.0 Å². The second-order valence-corrected chi connectivity index (χ2v) is 6.50. The van der Waals surface area contributed by atoms with Gasteiger partial charge in [-0.25, -0.2) is 8.78 Å². The first-order valence-electron chi connectivity index (χ1n) is 8.69. The Balaban J connectivity index is 1.57.